The lowest BCUT2D eigenvalue weighted by Gasteiger charge is -2.14. The molecule has 3 aromatic carbocycles. The molecule has 3 rings (SSSR count). The largest absolute Gasteiger partial charge is 0.506 e. The molecule has 0 bridgehead atoms. The highest BCUT2D eigenvalue weighted by Gasteiger charge is 2.20. The highest BCUT2D eigenvalue weighted by Crippen LogP contribution is 2.36. The average Bonchev–Trinajstić information content (AvgIpc) is 2.99. The van der Waals surface area contributed by atoms with Crippen LogP contribution in [0.1, 0.15) is 100 Å². The standard InChI is InChI=1S/C35H48N2O6S2/c1-4-5-6-7-8-9-10-11-12-15-23-44-28-20-21-32(37-26(2)38)27(24-28)17-16-22-36-35(40)31-25-33(43-45(3,41)42)29-18-13-14-19-30(29)34(31)39/h13-14,18-21,24-25,39H,4-12,15-17,22-23H2,1-3H3,(H,36,40)(H,37,38). The van der Waals surface area contributed by atoms with E-state index in [1.54, 1.807) is 24.3 Å². The minimum absolute atomic E-state index is 0.0249. The summed E-state index contributed by atoms with van der Waals surface area (Å²) in [7, 11) is -3.85. The van der Waals surface area contributed by atoms with Gasteiger partial charge in [-0.3, -0.25) is 9.59 Å². The third-order valence-corrected chi connectivity index (χ3v) is 9.09. The number of amides is 2. The van der Waals surface area contributed by atoms with Gasteiger partial charge in [0.25, 0.3) is 5.91 Å². The molecule has 0 radical (unpaired) electrons. The predicted octanol–water partition coefficient (Wildman–Crippen LogP) is 8.22. The number of hydrogen-bond acceptors (Lipinski definition) is 7. The van der Waals surface area contributed by atoms with Gasteiger partial charge in [0.05, 0.1) is 11.8 Å². The van der Waals surface area contributed by atoms with E-state index in [0.29, 0.717) is 30.2 Å². The number of unbranched alkanes of at least 4 members (excludes halogenated alkanes) is 9. The van der Waals surface area contributed by atoms with E-state index >= 15 is 0 Å². The highest BCUT2D eigenvalue weighted by molar-refractivity contribution is 7.99. The molecular weight excluding hydrogens is 609 g/mol. The SMILES string of the molecule is CCCCCCCCCCCCSc1ccc(NC(C)=O)c(CCCNC(=O)c2cc(OS(C)(=O)=O)c3ccccc3c2O)c1. The molecule has 0 unspecified atom stereocenters. The summed E-state index contributed by atoms with van der Waals surface area (Å²) < 4.78 is 28.8. The number of nitrogens with one attached hydrogen (secondary N) is 2. The van der Waals surface area contributed by atoms with Gasteiger partial charge in [-0.25, -0.2) is 0 Å². The maximum Gasteiger partial charge on any atom is 0.306 e. The summed E-state index contributed by atoms with van der Waals surface area (Å²) in [6.45, 7) is 4.04. The summed E-state index contributed by atoms with van der Waals surface area (Å²) >= 11 is 1.82. The van der Waals surface area contributed by atoms with Crippen LogP contribution in [0.2, 0.25) is 0 Å². The van der Waals surface area contributed by atoms with E-state index in [9.17, 15) is 23.1 Å². The van der Waals surface area contributed by atoms with Crippen LogP contribution in [0.5, 0.6) is 11.5 Å². The summed E-state index contributed by atoms with van der Waals surface area (Å²) in [4.78, 5) is 26.0. The Hall–Kier alpha value is -3.24. The fraction of sp³-hybridized carbons (Fsp3) is 0.486. The zero-order chi connectivity index (χ0) is 32.7. The van der Waals surface area contributed by atoms with Crippen LogP contribution in [0.3, 0.4) is 0 Å². The molecule has 0 aromatic heterocycles. The summed E-state index contributed by atoms with van der Waals surface area (Å²) in [5, 5.41) is 17.2. The molecule has 2 amide bonds. The van der Waals surface area contributed by atoms with Gasteiger partial charge < -0.3 is 19.9 Å². The molecule has 3 aromatic rings. The molecule has 246 valence electrons. The zero-order valence-corrected chi connectivity index (χ0v) is 28.5. The Kier molecular flexibility index (Phi) is 15.0. The van der Waals surface area contributed by atoms with Gasteiger partial charge in [0.2, 0.25) is 5.91 Å². The first-order chi connectivity index (χ1) is 21.6. The maximum absolute atomic E-state index is 13.1. The van der Waals surface area contributed by atoms with E-state index in [1.165, 1.54) is 77.2 Å². The van der Waals surface area contributed by atoms with E-state index in [-0.39, 0.29) is 23.0 Å². The predicted molar refractivity (Wildman–Crippen MR) is 185 cm³/mol. The van der Waals surface area contributed by atoms with Crippen molar-refractivity contribution in [2.75, 3.05) is 23.9 Å². The minimum Gasteiger partial charge on any atom is -0.506 e. The third-order valence-electron chi connectivity index (χ3n) is 7.53. The summed E-state index contributed by atoms with van der Waals surface area (Å²) in [5.74, 6) is 0.0898. The van der Waals surface area contributed by atoms with Gasteiger partial charge in [0.15, 0.2) is 5.75 Å². The van der Waals surface area contributed by atoms with E-state index in [0.717, 1.165) is 28.2 Å². The van der Waals surface area contributed by atoms with Crippen LogP contribution >= 0.6 is 11.8 Å². The van der Waals surface area contributed by atoms with Crippen molar-refractivity contribution in [3.63, 3.8) is 0 Å². The van der Waals surface area contributed by atoms with Crippen LogP contribution in [0.4, 0.5) is 5.69 Å². The van der Waals surface area contributed by atoms with Crippen LogP contribution in [0, 0.1) is 0 Å². The van der Waals surface area contributed by atoms with Crippen molar-refractivity contribution >= 4 is 50.2 Å². The van der Waals surface area contributed by atoms with E-state index in [4.69, 9.17) is 4.18 Å². The quantitative estimate of drug-likeness (QED) is 0.0636. The van der Waals surface area contributed by atoms with Gasteiger partial charge in [0.1, 0.15) is 5.75 Å². The first kappa shape index (κ1) is 36.2. The molecule has 3 N–H and O–H groups in total. The summed E-state index contributed by atoms with van der Waals surface area (Å²) in [6.07, 6.45) is 15.2. The molecule has 10 heteroatoms. The number of aromatic hydroxyl groups is 1. The molecule has 0 aliphatic rings. The lowest BCUT2D eigenvalue weighted by molar-refractivity contribution is -0.114. The molecule has 0 atom stereocenters. The van der Waals surface area contributed by atoms with Crippen molar-refractivity contribution in [3.8, 4) is 11.5 Å². The summed E-state index contributed by atoms with van der Waals surface area (Å²) in [5.41, 5.74) is 1.67. The minimum atomic E-state index is -3.85. The Morgan fingerprint density at radius 2 is 1.51 bits per heavy atom. The van der Waals surface area contributed by atoms with Gasteiger partial charge >= 0.3 is 10.1 Å². The fourth-order valence-corrected chi connectivity index (χ4v) is 6.70. The van der Waals surface area contributed by atoms with E-state index in [2.05, 4.69) is 23.6 Å². The lowest BCUT2D eigenvalue weighted by Crippen LogP contribution is -2.25. The average molecular weight is 657 g/mol. The first-order valence-corrected chi connectivity index (χ1v) is 18.8. The van der Waals surface area contributed by atoms with Gasteiger partial charge in [0, 0.05) is 34.8 Å². The second-order valence-corrected chi connectivity index (χ2v) is 14.2. The zero-order valence-electron chi connectivity index (χ0n) is 26.8. The summed E-state index contributed by atoms with van der Waals surface area (Å²) in [6, 6.07) is 13.9. The van der Waals surface area contributed by atoms with Crippen LogP contribution in [-0.2, 0) is 21.3 Å². The van der Waals surface area contributed by atoms with Crippen molar-refractivity contribution in [2.24, 2.45) is 0 Å². The number of carbonyl (C=O) groups excluding carboxylic acids is 2. The second kappa shape index (κ2) is 18.7. The number of hydrogen-bond donors (Lipinski definition) is 3. The number of fused-ring (bicyclic) bond motifs is 1. The number of thioether (sulfide) groups is 1. The van der Waals surface area contributed by atoms with Gasteiger partial charge in [-0.1, -0.05) is 89.0 Å². The van der Waals surface area contributed by atoms with Crippen LogP contribution in [0.15, 0.2) is 53.4 Å². The molecule has 0 fully saturated rings. The second-order valence-electron chi connectivity index (χ2n) is 11.5. The van der Waals surface area contributed by atoms with Crippen molar-refractivity contribution in [3.05, 3.63) is 59.7 Å². The topological polar surface area (TPSA) is 122 Å². The van der Waals surface area contributed by atoms with Crippen LogP contribution in [0.25, 0.3) is 10.8 Å². The Labute approximate surface area is 272 Å². The Morgan fingerprint density at radius 1 is 0.867 bits per heavy atom. The normalized spacial score (nSPS) is 11.4. The van der Waals surface area contributed by atoms with Crippen molar-refractivity contribution in [1.82, 2.24) is 5.32 Å². The molecule has 0 saturated carbocycles. The molecule has 0 aliphatic heterocycles. The number of carbonyl (C=O) groups is 2. The highest BCUT2D eigenvalue weighted by atomic mass is 32.2. The lowest BCUT2D eigenvalue weighted by atomic mass is 10.0. The van der Waals surface area contributed by atoms with Gasteiger partial charge in [-0.05, 0) is 54.8 Å². The fourth-order valence-electron chi connectivity index (χ4n) is 5.27. The van der Waals surface area contributed by atoms with Crippen LogP contribution in [-0.4, -0.2) is 43.9 Å². The Morgan fingerprint density at radius 3 is 2.16 bits per heavy atom. The number of rotatable bonds is 20. The van der Waals surface area contributed by atoms with Gasteiger partial charge in [-0.2, -0.15) is 8.42 Å². The molecular formula is C35H48N2O6S2. The number of aryl methyl sites for hydroxylation is 1. The molecule has 0 saturated heterocycles. The maximum atomic E-state index is 13.1. The molecule has 8 nitrogen and oxygen atoms in total. The van der Waals surface area contributed by atoms with Crippen molar-refractivity contribution < 1.29 is 27.3 Å². The number of anilines is 1. The first-order valence-electron chi connectivity index (χ1n) is 16.0. The monoisotopic (exact) mass is 656 g/mol. The number of benzene rings is 3. The van der Waals surface area contributed by atoms with Gasteiger partial charge in [-0.15, -0.1) is 11.8 Å². The van der Waals surface area contributed by atoms with E-state index in [1.807, 2.05) is 23.9 Å². The number of phenols is 1. The molecule has 0 heterocycles. The molecule has 45 heavy (non-hydrogen) atoms. The Balaban J connectivity index is 1.53. The van der Waals surface area contributed by atoms with Crippen LogP contribution < -0.4 is 14.8 Å². The third kappa shape index (κ3) is 12.6. The molecule has 0 spiro atoms. The Bertz CT molecular complexity index is 1520. The van der Waals surface area contributed by atoms with Crippen molar-refractivity contribution in [1.29, 1.82) is 0 Å². The van der Waals surface area contributed by atoms with E-state index < -0.39 is 16.0 Å². The number of phenolic OH excluding ortho intramolecular Hbond substituents is 1. The smallest absolute Gasteiger partial charge is 0.306 e. The molecule has 0 aliphatic carbocycles. The van der Waals surface area contributed by atoms with Crippen molar-refractivity contribution in [2.45, 2.75) is 95.8 Å².